The summed E-state index contributed by atoms with van der Waals surface area (Å²) in [6, 6.07) is 12.7. The van der Waals surface area contributed by atoms with Crippen LogP contribution < -0.4 is 19.5 Å². The molecule has 0 aliphatic carbocycles. The molecule has 1 unspecified atom stereocenters. The van der Waals surface area contributed by atoms with Crippen LogP contribution in [0, 0.1) is 0 Å². The standard InChI is InChI=1S/C25H32N2O5/c1-5-21(25(29)26-17(2)3)27(15-19-7-6-8-20(13-19)30-4)24(28)12-10-18-9-11-22-23(14-18)32-16-31-22/h6-9,11,13-14,17,21H,5,10,12,15-16H2,1-4H3,(H,26,29). The summed E-state index contributed by atoms with van der Waals surface area (Å²) < 4.78 is 16.1. The molecule has 2 aromatic carbocycles. The lowest BCUT2D eigenvalue weighted by atomic mass is 10.1. The molecule has 1 atom stereocenters. The summed E-state index contributed by atoms with van der Waals surface area (Å²) in [5.74, 6) is 1.93. The first-order chi connectivity index (χ1) is 15.4. The summed E-state index contributed by atoms with van der Waals surface area (Å²) in [5.41, 5.74) is 1.90. The number of nitrogens with zero attached hydrogens (tertiary/aromatic N) is 1. The van der Waals surface area contributed by atoms with Crippen LogP contribution in [0.5, 0.6) is 17.2 Å². The lowest BCUT2D eigenvalue weighted by molar-refractivity contribution is -0.141. The quantitative estimate of drug-likeness (QED) is 0.610. The van der Waals surface area contributed by atoms with Gasteiger partial charge in [-0.05, 0) is 62.1 Å². The number of ether oxygens (including phenoxy) is 3. The first kappa shape index (κ1) is 23.4. The molecule has 32 heavy (non-hydrogen) atoms. The third kappa shape index (κ3) is 5.93. The molecule has 1 heterocycles. The van der Waals surface area contributed by atoms with E-state index in [0.29, 0.717) is 25.1 Å². The van der Waals surface area contributed by atoms with Gasteiger partial charge in [-0.15, -0.1) is 0 Å². The number of aryl methyl sites for hydroxylation is 1. The summed E-state index contributed by atoms with van der Waals surface area (Å²) >= 11 is 0. The van der Waals surface area contributed by atoms with Gasteiger partial charge in [0.25, 0.3) is 0 Å². The fraction of sp³-hybridized carbons (Fsp3) is 0.440. The molecule has 2 aromatic rings. The minimum absolute atomic E-state index is 0.000968. The maximum atomic E-state index is 13.4. The zero-order valence-corrected chi connectivity index (χ0v) is 19.2. The number of hydrogen-bond donors (Lipinski definition) is 1. The number of benzene rings is 2. The minimum atomic E-state index is -0.548. The van der Waals surface area contributed by atoms with Crippen molar-refractivity contribution in [3.05, 3.63) is 53.6 Å². The summed E-state index contributed by atoms with van der Waals surface area (Å²) in [7, 11) is 1.61. The Labute approximate surface area is 189 Å². The van der Waals surface area contributed by atoms with E-state index in [-0.39, 0.29) is 31.1 Å². The third-order valence-corrected chi connectivity index (χ3v) is 5.37. The molecule has 0 saturated carbocycles. The summed E-state index contributed by atoms with van der Waals surface area (Å²) in [5, 5.41) is 2.95. The fourth-order valence-electron chi connectivity index (χ4n) is 3.76. The van der Waals surface area contributed by atoms with E-state index in [1.54, 1.807) is 12.0 Å². The Kier molecular flexibility index (Phi) is 7.98. The zero-order chi connectivity index (χ0) is 23.1. The number of fused-ring (bicyclic) bond motifs is 1. The Hall–Kier alpha value is -3.22. The van der Waals surface area contributed by atoms with E-state index in [9.17, 15) is 9.59 Å². The number of methoxy groups -OCH3 is 1. The second-order valence-electron chi connectivity index (χ2n) is 8.15. The van der Waals surface area contributed by atoms with Gasteiger partial charge >= 0.3 is 0 Å². The predicted octanol–water partition coefficient (Wildman–Crippen LogP) is 3.69. The van der Waals surface area contributed by atoms with Crippen LogP contribution in [0.4, 0.5) is 0 Å². The monoisotopic (exact) mass is 440 g/mol. The van der Waals surface area contributed by atoms with Crippen LogP contribution in [0.2, 0.25) is 0 Å². The molecule has 0 spiro atoms. The highest BCUT2D eigenvalue weighted by Crippen LogP contribution is 2.33. The van der Waals surface area contributed by atoms with Crippen LogP contribution in [-0.2, 0) is 22.6 Å². The van der Waals surface area contributed by atoms with Gasteiger partial charge in [-0.25, -0.2) is 0 Å². The molecule has 0 radical (unpaired) electrons. The van der Waals surface area contributed by atoms with E-state index in [2.05, 4.69) is 5.32 Å². The second-order valence-corrected chi connectivity index (χ2v) is 8.15. The van der Waals surface area contributed by atoms with Gasteiger partial charge in [-0.3, -0.25) is 9.59 Å². The van der Waals surface area contributed by atoms with E-state index in [1.807, 2.05) is 63.2 Å². The SMILES string of the molecule is CCC(C(=O)NC(C)C)N(Cc1cccc(OC)c1)C(=O)CCc1ccc2c(c1)OCO2. The maximum absolute atomic E-state index is 13.4. The molecular formula is C25H32N2O5. The van der Waals surface area contributed by atoms with Crippen LogP contribution >= 0.6 is 0 Å². The lowest BCUT2D eigenvalue weighted by Gasteiger charge is -2.31. The lowest BCUT2D eigenvalue weighted by Crippen LogP contribution is -2.50. The average molecular weight is 441 g/mol. The molecule has 3 rings (SSSR count). The van der Waals surface area contributed by atoms with Crippen LogP contribution in [0.1, 0.15) is 44.7 Å². The molecule has 7 nitrogen and oxygen atoms in total. The average Bonchev–Trinajstić information content (AvgIpc) is 3.25. The molecule has 1 aliphatic rings. The van der Waals surface area contributed by atoms with E-state index in [1.165, 1.54) is 0 Å². The van der Waals surface area contributed by atoms with Gasteiger partial charge < -0.3 is 24.4 Å². The zero-order valence-electron chi connectivity index (χ0n) is 19.2. The number of carbonyl (C=O) groups is 2. The Morgan fingerprint density at radius 2 is 1.88 bits per heavy atom. The van der Waals surface area contributed by atoms with E-state index >= 15 is 0 Å². The molecule has 0 fully saturated rings. The van der Waals surface area contributed by atoms with Gasteiger partial charge in [0.1, 0.15) is 11.8 Å². The summed E-state index contributed by atoms with van der Waals surface area (Å²) in [4.78, 5) is 27.9. The van der Waals surface area contributed by atoms with Crippen molar-refractivity contribution < 1.29 is 23.8 Å². The minimum Gasteiger partial charge on any atom is -0.497 e. The highest BCUT2D eigenvalue weighted by molar-refractivity contribution is 5.87. The normalized spacial score (nSPS) is 13.0. The van der Waals surface area contributed by atoms with Crippen LogP contribution in [0.3, 0.4) is 0 Å². The Balaban J connectivity index is 1.77. The smallest absolute Gasteiger partial charge is 0.243 e. The van der Waals surface area contributed by atoms with Gasteiger partial charge in [-0.1, -0.05) is 25.1 Å². The third-order valence-electron chi connectivity index (χ3n) is 5.37. The van der Waals surface area contributed by atoms with Crippen molar-refractivity contribution in [2.45, 2.75) is 58.7 Å². The van der Waals surface area contributed by atoms with Crippen molar-refractivity contribution in [2.75, 3.05) is 13.9 Å². The predicted molar refractivity (Wildman–Crippen MR) is 122 cm³/mol. The number of nitrogens with one attached hydrogen (secondary N) is 1. The molecule has 0 bridgehead atoms. The molecule has 0 saturated heterocycles. The van der Waals surface area contributed by atoms with Crippen molar-refractivity contribution in [2.24, 2.45) is 0 Å². The van der Waals surface area contributed by atoms with Crippen molar-refractivity contribution in [1.82, 2.24) is 10.2 Å². The molecule has 0 aromatic heterocycles. The molecule has 172 valence electrons. The summed E-state index contributed by atoms with van der Waals surface area (Å²) in [6.07, 6.45) is 1.36. The number of hydrogen-bond acceptors (Lipinski definition) is 5. The molecule has 7 heteroatoms. The highest BCUT2D eigenvalue weighted by Gasteiger charge is 2.29. The molecular weight excluding hydrogens is 408 g/mol. The van der Waals surface area contributed by atoms with Crippen molar-refractivity contribution in [3.63, 3.8) is 0 Å². The van der Waals surface area contributed by atoms with Gasteiger partial charge in [0, 0.05) is 19.0 Å². The number of carbonyl (C=O) groups excluding carboxylic acids is 2. The molecule has 1 N–H and O–H groups in total. The van der Waals surface area contributed by atoms with E-state index in [4.69, 9.17) is 14.2 Å². The number of rotatable bonds is 10. The Bertz CT molecular complexity index is 944. The van der Waals surface area contributed by atoms with Crippen LogP contribution in [-0.4, -0.2) is 42.7 Å². The second kappa shape index (κ2) is 10.9. The van der Waals surface area contributed by atoms with Crippen molar-refractivity contribution in [1.29, 1.82) is 0 Å². The van der Waals surface area contributed by atoms with Gasteiger partial charge in [0.2, 0.25) is 18.6 Å². The van der Waals surface area contributed by atoms with Crippen molar-refractivity contribution in [3.8, 4) is 17.2 Å². The molecule has 1 aliphatic heterocycles. The summed E-state index contributed by atoms with van der Waals surface area (Å²) in [6.45, 7) is 6.31. The first-order valence-electron chi connectivity index (χ1n) is 11.0. The fourth-order valence-corrected chi connectivity index (χ4v) is 3.76. The van der Waals surface area contributed by atoms with Crippen LogP contribution in [0.25, 0.3) is 0 Å². The van der Waals surface area contributed by atoms with Crippen molar-refractivity contribution >= 4 is 11.8 Å². The van der Waals surface area contributed by atoms with E-state index in [0.717, 1.165) is 22.6 Å². The maximum Gasteiger partial charge on any atom is 0.243 e. The Morgan fingerprint density at radius 1 is 1.09 bits per heavy atom. The van der Waals surface area contributed by atoms with Gasteiger partial charge in [0.05, 0.1) is 7.11 Å². The highest BCUT2D eigenvalue weighted by atomic mass is 16.7. The molecule has 2 amide bonds. The van der Waals surface area contributed by atoms with Gasteiger partial charge in [0.15, 0.2) is 11.5 Å². The van der Waals surface area contributed by atoms with Gasteiger partial charge in [-0.2, -0.15) is 0 Å². The topological polar surface area (TPSA) is 77.1 Å². The van der Waals surface area contributed by atoms with E-state index < -0.39 is 6.04 Å². The van der Waals surface area contributed by atoms with Crippen LogP contribution in [0.15, 0.2) is 42.5 Å². The Morgan fingerprint density at radius 3 is 2.59 bits per heavy atom. The largest absolute Gasteiger partial charge is 0.497 e. The number of amides is 2. The first-order valence-corrected chi connectivity index (χ1v) is 11.0.